The zero-order valence-electron chi connectivity index (χ0n) is 10.1. The van der Waals surface area contributed by atoms with E-state index in [1.54, 1.807) is 0 Å². The second kappa shape index (κ2) is 3.58. The van der Waals surface area contributed by atoms with Gasteiger partial charge < -0.3 is 5.73 Å². The van der Waals surface area contributed by atoms with E-state index in [2.05, 4.69) is 10.1 Å². The number of hydrogen-bond donors (Lipinski definition) is 1. The van der Waals surface area contributed by atoms with Gasteiger partial charge >= 0.3 is 0 Å². The highest BCUT2D eigenvalue weighted by Crippen LogP contribution is 2.39. The van der Waals surface area contributed by atoms with E-state index >= 15 is 0 Å². The minimum absolute atomic E-state index is 0.614. The van der Waals surface area contributed by atoms with Gasteiger partial charge in [-0.2, -0.15) is 5.10 Å². The molecule has 0 saturated heterocycles. The van der Waals surface area contributed by atoms with E-state index in [1.165, 1.54) is 12.8 Å². The molecule has 1 aliphatic rings. The second-order valence-corrected chi connectivity index (χ2v) is 4.71. The Hall–Kier alpha value is -1.84. The number of aromatic nitrogens is 3. The normalized spacial score (nSPS) is 15.2. The molecular weight excluding hydrogens is 212 g/mol. The molecule has 1 aromatic carbocycles. The van der Waals surface area contributed by atoms with Gasteiger partial charge in [0.1, 0.15) is 5.82 Å². The predicted molar refractivity (Wildman–Crippen MR) is 67.6 cm³/mol. The third-order valence-electron chi connectivity index (χ3n) is 3.36. The SMILES string of the molecule is Cc1c(N)cccc1-c1nc(C2CC2)n(C)n1. The number of anilines is 1. The maximum Gasteiger partial charge on any atom is 0.181 e. The molecule has 0 bridgehead atoms. The molecule has 0 spiro atoms. The fourth-order valence-corrected chi connectivity index (χ4v) is 2.10. The Labute approximate surface area is 100 Å². The Balaban J connectivity index is 2.09. The summed E-state index contributed by atoms with van der Waals surface area (Å²) in [4.78, 5) is 4.64. The molecule has 0 atom stereocenters. The van der Waals surface area contributed by atoms with Crippen molar-refractivity contribution in [3.8, 4) is 11.4 Å². The van der Waals surface area contributed by atoms with Gasteiger partial charge in [-0.3, -0.25) is 4.68 Å². The van der Waals surface area contributed by atoms with Gasteiger partial charge in [0.05, 0.1) is 0 Å². The van der Waals surface area contributed by atoms with Crippen molar-refractivity contribution in [1.29, 1.82) is 0 Å². The van der Waals surface area contributed by atoms with Crippen LogP contribution in [0.3, 0.4) is 0 Å². The molecule has 3 rings (SSSR count). The zero-order valence-corrected chi connectivity index (χ0v) is 10.1. The van der Waals surface area contributed by atoms with E-state index in [0.29, 0.717) is 5.92 Å². The van der Waals surface area contributed by atoms with Crippen LogP contribution in [-0.4, -0.2) is 14.8 Å². The Morgan fingerprint density at radius 2 is 2.12 bits per heavy atom. The summed E-state index contributed by atoms with van der Waals surface area (Å²) in [6.45, 7) is 2.01. The average molecular weight is 228 g/mol. The van der Waals surface area contributed by atoms with Crippen LogP contribution in [-0.2, 0) is 7.05 Å². The first-order valence-electron chi connectivity index (χ1n) is 5.93. The van der Waals surface area contributed by atoms with E-state index in [0.717, 1.165) is 28.5 Å². The van der Waals surface area contributed by atoms with E-state index in [1.807, 2.05) is 36.9 Å². The summed E-state index contributed by atoms with van der Waals surface area (Å²) in [5.41, 5.74) is 8.80. The fourth-order valence-electron chi connectivity index (χ4n) is 2.10. The number of nitrogens with two attached hydrogens (primary N) is 1. The van der Waals surface area contributed by atoms with E-state index in [-0.39, 0.29) is 0 Å². The smallest absolute Gasteiger partial charge is 0.181 e. The summed E-state index contributed by atoms with van der Waals surface area (Å²) < 4.78 is 1.90. The highest BCUT2D eigenvalue weighted by molar-refractivity contribution is 5.67. The van der Waals surface area contributed by atoms with Crippen LogP contribution >= 0.6 is 0 Å². The zero-order chi connectivity index (χ0) is 12.0. The molecule has 88 valence electrons. The molecule has 2 N–H and O–H groups in total. The van der Waals surface area contributed by atoms with Crippen molar-refractivity contribution in [3.63, 3.8) is 0 Å². The molecule has 0 unspecified atom stereocenters. The summed E-state index contributed by atoms with van der Waals surface area (Å²) >= 11 is 0. The van der Waals surface area contributed by atoms with Crippen LogP contribution in [0, 0.1) is 6.92 Å². The first-order chi connectivity index (χ1) is 8.16. The van der Waals surface area contributed by atoms with Crippen molar-refractivity contribution < 1.29 is 0 Å². The average Bonchev–Trinajstić information content (AvgIpc) is 3.07. The Morgan fingerprint density at radius 1 is 1.35 bits per heavy atom. The third kappa shape index (κ3) is 1.69. The minimum atomic E-state index is 0.614. The van der Waals surface area contributed by atoms with Crippen LogP contribution in [0.1, 0.15) is 30.1 Å². The Kier molecular flexibility index (Phi) is 2.18. The number of hydrogen-bond acceptors (Lipinski definition) is 3. The van der Waals surface area contributed by atoms with Gasteiger partial charge in [0.2, 0.25) is 0 Å². The molecule has 2 aromatic rings. The van der Waals surface area contributed by atoms with Crippen molar-refractivity contribution in [2.75, 3.05) is 5.73 Å². The van der Waals surface area contributed by atoms with Crippen molar-refractivity contribution in [2.45, 2.75) is 25.7 Å². The van der Waals surface area contributed by atoms with Gasteiger partial charge in [-0.1, -0.05) is 12.1 Å². The van der Waals surface area contributed by atoms with Crippen LogP contribution < -0.4 is 5.73 Å². The van der Waals surface area contributed by atoms with Crippen LogP contribution in [0.25, 0.3) is 11.4 Å². The number of rotatable bonds is 2. The lowest BCUT2D eigenvalue weighted by Crippen LogP contribution is -1.96. The van der Waals surface area contributed by atoms with E-state index in [9.17, 15) is 0 Å². The van der Waals surface area contributed by atoms with Gasteiger partial charge in [0.15, 0.2) is 5.82 Å². The molecule has 1 heterocycles. The standard InChI is InChI=1S/C13H16N4/c1-8-10(4-3-5-11(8)14)12-15-13(9-6-7-9)17(2)16-12/h3-5,9H,6-7,14H2,1-2H3. The first-order valence-corrected chi connectivity index (χ1v) is 5.93. The molecule has 0 aliphatic heterocycles. The van der Waals surface area contributed by atoms with Crippen molar-refractivity contribution in [2.24, 2.45) is 7.05 Å². The predicted octanol–water partition coefficient (Wildman–Crippen LogP) is 2.25. The molecule has 1 saturated carbocycles. The molecule has 4 heteroatoms. The van der Waals surface area contributed by atoms with Gasteiger partial charge in [-0.05, 0) is 31.4 Å². The molecule has 1 aromatic heterocycles. The molecule has 0 amide bonds. The molecule has 1 aliphatic carbocycles. The van der Waals surface area contributed by atoms with Gasteiger partial charge in [-0.25, -0.2) is 4.98 Å². The van der Waals surface area contributed by atoms with Crippen LogP contribution in [0.15, 0.2) is 18.2 Å². The van der Waals surface area contributed by atoms with Gasteiger partial charge in [-0.15, -0.1) is 0 Å². The lowest BCUT2D eigenvalue weighted by Gasteiger charge is -2.03. The highest BCUT2D eigenvalue weighted by atomic mass is 15.3. The van der Waals surface area contributed by atoms with Crippen molar-refractivity contribution in [3.05, 3.63) is 29.6 Å². The van der Waals surface area contributed by atoms with Gasteiger partial charge in [0, 0.05) is 24.2 Å². The lowest BCUT2D eigenvalue weighted by atomic mass is 10.1. The van der Waals surface area contributed by atoms with E-state index in [4.69, 9.17) is 5.73 Å². The molecule has 1 fully saturated rings. The molecule has 17 heavy (non-hydrogen) atoms. The first kappa shape index (κ1) is 10.3. The fraction of sp³-hybridized carbons (Fsp3) is 0.385. The Bertz CT molecular complexity index is 567. The summed E-state index contributed by atoms with van der Waals surface area (Å²) in [6.07, 6.45) is 2.48. The van der Waals surface area contributed by atoms with Crippen molar-refractivity contribution >= 4 is 5.69 Å². The van der Waals surface area contributed by atoms with Crippen LogP contribution in [0.4, 0.5) is 5.69 Å². The van der Waals surface area contributed by atoms with Crippen LogP contribution in [0.2, 0.25) is 0 Å². The monoisotopic (exact) mass is 228 g/mol. The molecular formula is C13H16N4. The summed E-state index contributed by atoms with van der Waals surface area (Å²) in [7, 11) is 1.96. The summed E-state index contributed by atoms with van der Waals surface area (Å²) in [5, 5.41) is 4.49. The van der Waals surface area contributed by atoms with Crippen molar-refractivity contribution in [1.82, 2.24) is 14.8 Å². The minimum Gasteiger partial charge on any atom is -0.398 e. The quantitative estimate of drug-likeness (QED) is 0.802. The maximum absolute atomic E-state index is 5.91. The third-order valence-corrected chi connectivity index (χ3v) is 3.36. The lowest BCUT2D eigenvalue weighted by molar-refractivity contribution is 0.705. The number of nitrogens with zero attached hydrogens (tertiary/aromatic N) is 3. The highest BCUT2D eigenvalue weighted by Gasteiger charge is 2.29. The largest absolute Gasteiger partial charge is 0.398 e. The number of nitrogen functional groups attached to an aromatic ring is 1. The summed E-state index contributed by atoms with van der Waals surface area (Å²) in [5.74, 6) is 2.50. The topological polar surface area (TPSA) is 56.7 Å². The van der Waals surface area contributed by atoms with Crippen LogP contribution in [0.5, 0.6) is 0 Å². The Morgan fingerprint density at radius 3 is 2.82 bits per heavy atom. The molecule has 4 nitrogen and oxygen atoms in total. The second-order valence-electron chi connectivity index (χ2n) is 4.71. The number of benzene rings is 1. The van der Waals surface area contributed by atoms with Gasteiger partial charge in [0.25, 0.3) is 0 Å². The number of aryl methyl sites for hydroxylation is 1. The summed E-state index contributed by atoms with van der Waals surface area (Å²) in [6, 6.07) is 5.88. The molecule has 0 radical (unpaired) electrons. The van der Waals surface area contributed by atoms with E-state index < -0.39 is 0 Å². The maximum atomic E-state index is 5.91.